The highest BCUT2D eigenvalue weighted by Crippen LogP contribution is 2.33. The van der Waals surface area contributed by atoms with E-state index in [0.717, 1.165) is 13.1 Å². The number of aromatic nitrogens is 1. The largest absolute Gasteiger partial charge is 0.361 e. The number of hydrogen-bond acceptors (Lipinski definition) is 2. The molecule has 1 heterocycles. The van der Waals surface area contributed by atoms with Gasteiger partial charge in [0.2, 0.25) is 0 Å². The summed E-state index contributed by atoms with van der Waals surface area (Å²) in [6, 6.07) is 8.66. The maximum atomic E-state index is 3.69. The fourth-order valence-electron chi connectivity index (χ4n) is 3.55. The van der Waals surface area contributed by atoms with Gasteiger partial charge < -0.3 is 15.2 Å². The molecule has 0 radical (unpaired) electrons. The van der Waals surface area contributed by atoms with Crippen molar-refractivity contribution in [2.45, 2.75) is 37.8 Å². The van der Waals surface area contributed by atoms with Crippen molar-refractivity contribution in [3.63, 3.8) is 0 Å². The molecule has 2 N–H and O–H groups in total. The molecular formula is C17H25N3. The Morgan fingerprint density at radius 2 is 2.00 bits per heavy atom. The van der Waals surface area contributed by atoms with Crippen molar-refractivity contribution in [3.05, 3.63) is 36.0 Å². The van der Waals surface area contributed by atoms with E-state index in [9.17, 15) is 0 Å². The molecular weight excluding hydrogens is 246 g/mol. The number of fused-ring (bicyclic) bond motifs is 1. The smallest absolute Gasteiger partial charge is 0.0457 e. The summed E-state index contributed by atoms with van der Waals surface area (Å²) >= 11 is 0. The van der Waals surface area contributed by atoms with Gasteiger partial charge in [0, 0.05) is 35.7 Å². The minimum atomic E-state index is 0.367. The van der Waals surface area contributed by atoms with Crippen LogP contribution in [0.15, 0.2) is 30.5 Å². The minimum Gasteiger partial charge on any atom is -0.361 e. The third kappa shape index (κ3) is 2.48. The van der Waals surface area contributed by atoms with Crippen LogP contribution < -0.4 is 5.32 Å². The van der Waals surface area contributed by atoms with Crippen LogP contribution in [0.3, 0.4) is 0 Å². The van der Waals surface area contributed by atoms with E-state index in [1.54, 1.807) is 0 Å². The van der Waals surface area contributed by atoms with Crippen LogP contribution in [0, 0.1) is 0 Å². The fourth-order valence-corrected chi connectivity index (χ4v) is 3.55. The topological polar surface area (TPSA) is 31.1 Å². The Morgan fingerprint density at radius 1 is 1.20 bits per heavy atom. The number of likely N-dealkylation sites (N-methyl/N-ethyl adjacent to an activating group) is 1. The van der Waals surface area contributed by atoms with Crippen LogP contribution in [0.5, 0.6) is 0 Å². The maximum absolute atomic E-state index is 3.69. The molecule has 0 saturated heterocycles. The first kappa shape index (κ1) is 13.7. The van der Waals surface area contributed by atoms with Crippen LogP contribution >= 0.6 is 0 Å². The molecule has 1 aromatic heterocycles. The molecule has 0 atom stereocenters. The second-order valence-electron chi connectivity index (χ2n) is 6.29. The van der Waals surface area contributed by atoms with Crippen molar-refractivity contribution in [3.8, 4) is 0 Å². The Bertz CT molecular complexity index is 564. The Balaban J connectivity index is 1.66. The van der Waals surface area contributed by atoms with Crippen molar-refractivity contribution >= 4 is 10.9 Å². The van der Waals surface area contributed by atoms with Crippen molar-refractivity contribution in [2.75, 3.05) is 20.6 Å². The zero-order valence-electron chi connectivity index (χ0n) is 12.6. The lowest BCUT2D eigenvalue weighted by molar-refractivity contribution is 0.153. The van der Waals surface area contributed by atoms with Gasteiger partial charge in [-0.15, -0.1) is 0 Å². The molecule has 108 valence electrons. The van der Waals surface area contributed by atoms with Crippen LogP contribution in [0.4, 0.5) is 0 Å². The van der Waals surface area contributed by atoms with Crippen LogP contribution in [-0.2, 0) is 6.54 Å². The SMILES string of the molecule is CN(C)C1(CNCc2cccc3[nH]ccc23)CCCC1. The molecule has 0 bridgehead atoms. The molecule has 0 spiro atoms. The zero-order valence-corrected chi connectivity index (χ0v) is 12.6. The van der Waals surface area contributed by atoms with Gasteiger partial charge in [-0.25, -0.2) is 0 Å². The van der Waals surface area contributed by atoms with Crippen LogP contribution in [-0.4, -0.2) is 36.1 Å². The maximum Gasteiger partial charge on any atom is 0.0457 e. The summed E-state index contributed by atoms with van der Waals surface area (Å²) in [6.45, 7) is 2.03. The van der Waals surface area contributed by atoms with E-state index in [0.29, 0.717) is 5.54 Å². The molecule has 2 aromatic rings. The van der Waals surface area contributed by atoms with E-state index in [2.05, 4.69) is 53.6 Å². The van der Waals surface area contributed by atoms with Gasteiger partial charge in [-0.3, -0.25) is 0 Å². The third-order valence-electron chi connectivity index (χ3n) is 4.94. The molecule has 20 heavy (non-hydrogen) atoms. The number of nitrogens with one attached hydrogen (secondary N) is 2. The molecule has 0 amide bonds. The van der Waals surface area contributed by atoms with Gasteiger partial charge in [-0.2, -0.15) is 0 Å². The number of H-pyrrole nitrogens is 1. The number of aromatic amines is 1. The molecule has 3 nitrogen and oxygen atoms in total. The van der Waals surface area contributed by atoms with Crippen LogP contribution in [0.2, 0.25) is 0 Å². The van der Waals surface area contributed by atoms with Gasteiger partial charge >= 0.3 is 0 Å². The highest BCUT2D eigenvalue weighted by molar-refractivity contribution is 5.82. The standard InChI is InChI=1S/C17H25N3/c1-20(2)17(9-3-4-10-17)13-18-12-14-6-5-7-16-15(14)8-11-19-16/h5-8,11,18-19H,3-4,9-10,12-13H2,1-2H3. The molecule has 3 rings (SSSR count). The predicted molar refractivity (Wildman–Crippen MR) is 84.9 cm³/mol. The normalized spacial score (nSPS) is 18.1. The highest BCUT2D eigenvalue weighted by Gasteiger charge is 2.35. The molecule has 1 saturated carbocycles. The zero-order chi connectivity index (χ0) is 14.0. The van der Waals surface area contributed by atoms with Crippen molar-refractivity contribution in [1.29, 1.82) is 0 Å². The molecule has 1 fully saturated rings. The predicted octanol–water partition coefficient (Wildman–Crippen LogP) is 3.13. The van der Waals surface area contributed by atoms with Gasteiger partial charge in [0.15, 0.2) is 0 Å². The van der Waals surface area contributed by atoms with Crippen LogP contribution in [0.25, 0.3) is 10.9 Å². The minimum absolute atomic E-state index is 0.367. The number of nitrogens with zero attached hydrogens (tertiary/aromatic N) is 1. The quantitative estimate of drug-likeness (QED) is 0.875. The lowest BCUT2D eigenvalue weighted by Gasteiger charge is -2.36. The van der Waals surface area contributed by atoms with Gasteiger partial charge in [-0.05, 0) is 44.6 Å². The summed E-state index contributed by atoms with van der Waals surface area (Å²) in [4.78, 5) is 5.70. The summed E-state index contributed by atoms with van der Waals surface area (Å²) < 4.78 is 0. The third-order valence-corrected chi connectivity index (χ3v) is 4.94. The van der Waals surface area contributed by atoms with E-state index < -0.39 is 0 Å². The van der Waals surface area contributed by atoms with Crippen molar-refractivity contribution in [2.24, 2.45) is 0 Å². The van der Waals surface area contributed by atoms with Gasteiger partial charge in [0.25, 0.3) is 0 Å². The average Bonchev–Trinajstić information content (AvgIpc) is 3.08. The monoisotopic (exact) mass is 271 g/mol. The number of benzene rings is 1. The lowest BCUT2D eigenvalue weighted by Crippen LogP contribution is -2.49. The van der Waals surface area contributed by atoms with Crippen molar-refractivity contribution < 1.29 is 0 Å². The molecule has 3 heteroatoms. The highest BCUT2D eigenvalue weighted by atomic mass is 15.2. The summed E-state index contributed by atoms with van der Waals surface area (Å²) in [7, 11) is 4.44. The summed E-state index contributed by atoms with van der Waals surface area (Å²) in [5.74, 6) is 0. The van der Waals surface area contributed by atoms with Gasteiger partial charge in [0.1, 0.15) is 0 Å². The molecule has 1 aromatic carbocycles. The van der Waals surface area contributed by atoms with Gasteiger partial charge in [-0.1, -0.05) is 25.0 Å². The lowest BCUT2D eigenvalue weighted by atomic mass is 9.96. The number of rotatable bonds is 5. The Labute approximate surface area is 121 Å². The Hall–Kier alpha value is -1.32. The van der Waals surface area contributed by atoms with E-state index in [-0.39, 0.29) is 0 Å². The average molecular weight is 271 g/mol. The van der Waals surface area contributed by atoms with E-state index >= 15 is 0 Å². The van der Waals surface area contributed by atoms with E-state index in [1.165, 1.54) is 42.1 Å². The summed E-state index contributed by atoms with van der Waals surface area (Å²) in [5, 5.41) is 5.03. The number of hydrogen-bond donors (Lipinski definition) is 2. The summed E-state index contributed by atoms with van der Waals surface area (Å²) in [6.07, 6.45) is 7.40. The first-order valence-electron chi connectivity index (χ1n) is 7.64. The molecule has 1 aliphatic carbocycles. The van der Waals surface area contributed by atoms with E-state index in [4.69, 9.17) is 0 Å². The first-order chi connectivity index (χ1) is 9.71. The Kier molecular flexibility index (Phi) is 3.81. The molecule has 1 aliphatic rings. The Morgan fingerprint density at radius 3 is 2.75 bits per heavy atom. The molecule has 0 unspecified atom stereocenters. The van der Waals surface area contributed by atoms with E-state index in [1.807, 2.05) is 6.20 Å². The molecule has 0 aliphatic heterocycles. The second kappa shape index (κ2) is 5.58. The second-order valence-corrected chi connectivity index (χ2v) is 6.29. The van der Waals surface area contributed by atoms with Crippen LogP contribution in [0.1, 0.15) is 31.2 Å². The fraction of sp³-hybridized carbons (Fsp3) is 0.529. The van der Waals surface area contributed by atoms with Crippen molar-refractivity contribution in [1.82, 2.24) is 15.2 Å². The van der Waals surface area contributed by atoms with Gasteiger partial charge in [0.05, 0.1) is 0 Å². The first-order valence-corrected chi connectivity index (χ1v) is 7.64. The summed E-state index contributed by atoms with van der Waals surface area (Å²) in [5.41, 5.74) is 2.98.